The number of hydrogen-bond donors (Lipinski definition) is 0. The van der Waals surface area contributed by atoms with Gasteiger partial charge in [-0.2, -0.15) is 0 Å². The van der Waals surface area contributed by atoms with Gasteiger partial charge in [0.1, 0.15) is 5.75 Å². The molecule has 0 spiro atoms. The van der Waals surface area contributed by atoms with Gasteiger partial charge in [0.05, 0.1) is 18.2 Å². The van der Waals surface area contributed by atoms with E-state index in [9.17, 15) is 4.79 Å². The first-order valence-corrected chi connectivity index (χ1v) is 7.89. The van der Waals surface area contributed by atoms with Crippen molar-refractivity contribution in [3.63, 3.8) is 0 Å². The van der Waals surface area contributed by atoms with Crippen LogP contribution in [0.2, 0.25) is 5.02 Å². The van der Waals surface area contributed by atoms with Gasteiger partial charge in [0, 0.05) is 30.2 Å². The zero-order valence-electron chi connectivity index (χ0n) is 13.5. The Kier molecular flexibility index (Phi) is 4.67. The van der Waals surface area contributed by atoms with Crippen molar-refractivity contribution in [3.8, 4) is 5.75 Å². The van der Waals surface area contributed by atoms with Crippen LogP contribution in [-0.4, -0.2) is 29.9 Å². The number of halogens is 1. The fourth-order valence-corrected chi connectivity index (χ4v) is 2.83. The number of pyridine rings is 1. The molecule has 3 rings (SSSR count). The summed E-state index contributed by atoms with van der Waals surface area (Å²) in [6, 6.07) is 14.8. The van der Waals surface area contributed by atoms with Gasteiger partial charge in [-0.25, -0.2) is 0 Å². The molecule has 0 atom stereocenters. The molecule has 0 aliphatic rings. The number of nitrogens with zero attached hydrogens (tertiary/aromatic N) is 2. The molecular formula is C19H17ClN2O2. The second kappa shape index (κ2) is 6.89. The number of carbonyl (C=O) groups excluding carboxylic acids is 1. The number of benzene rings is 2. The van der Waals surface area contributed by atoms with E-state index in [0.717, 1.165) is 16.7 Å². The van der Waals surface area contributed by atoms with Gasteiger partial charge in [0.25, 0.3) is 5.91 Å². The number of hydrogen-bond acceptors (Lipinski definition) is 3. The molecule has 1 amide bonds. The van der Waals surface area contributed by atoms with E-state index in [1.165, 1.54) is 0 Å². The maximum atomic E-state index is 12.8. The van der Waals surface area contributed by atoms with Crippen molar-refractivity contribution in [1.82, 2.24) is 9.88 Å². The highest BCUT2D eigenvalue weighted by molar-refractivity contribution is 6.32. The average Bonchev–Trinajstić information content (AvgIpc) is 2.61. The number of fused-ring (bicyclic) bond motifs is 1. The predicted octanol–water partition coefficient (Wildman–Crippen LogP) is 4.17. The molecule has 2 aromatic carbocycles. The first-order valence-electron chi connectivity index (χ1n) is 7.51. The molecule has 0 aliphatic carbocycles. The largest absolute Gasteiger partial charge is 0.497 e. The van der Waals surface area contributed by atoms with Crippen LogP contribution in [-0.2, 0) is 6.54 Å². The topological polar surface area (TPSA) is 42.4 Å². The monoisotopic (exact) mass is 340 g/mol. The van der Waals surface area contributed by atoms with Crippen LogP contribution in [0.4, 0.5) is 0 Å². The number of aromatic nitrogens is 1. The van der Waals surface area contributed by atoms with Gasteiger partial charge in [0.15, 0.2) is 0 Å². The van der Waals surface area contributed by atoms with Gasteiger partial charge in [-0.05, 0) is 35.9 Å². The van der Waals surface area contributed by atoms with Crippen molar-refractivity contribution in [3.05, 3.63) is 70.9 Å². The summed E-state index contributed by atoms with van der Waals surface area (Å²) in [5.41, 5.74) is 2.19. The predicted molar refractivity (Wildman–Crippen MR) is 95.5 cm³/mol. The number of carbonyl (C=O) groups is 1. The van der Waals surface area contributed by atoms with Crippen LogP contribution in [0.5, 0.6) is 5.75 Å². The fraction of sp³-hybridized carbons (Fsp3) is 0.158. The van der Waals surface area contributed by atoms with Crippen LogP contribution in [0.1, 0.15) is 15.9 Å². The number of methoxy groups -OCH3 is 1. The first-order chi connectivity index (χ1) is 11.6. The summed E-state index contributed by atoms with van der Waals surface area (Å²) in [7, 11) is 3.39. The van der Waals surface area contributed by atoms with E-state index in [-0.39, 0.29) is 5.91 Å². The summed E-state index contributed by atoms with van der Waals surface area (Å²) in [5.74, 6) is 0.676. The van der Waals surface area contributed by atoms with Crippen molar-refractivity contribution < 1.29 is 9.53 Å². The van der Waals surface area contributed by atoms with Gasteiger partial charge >= 0.3 is 0 Å². The smallest absolute Gasteiger partial charge is 0.256 e. The molecule has 0 radical (unpaired) electrons. The van der Waals surface area contributed by atoms with Crippen LogP contribution in [0.15, 0.2) is 54.7 Å². The van der Waals surface area contributed by atoms with E-state index in [1.807, 2.05) is 42.5 Å². The standard InChI is InChI=1S/C19H17ClN2O2/c1-22(12-13-5-7-16(24-2)8-6-13)19(23)17-11-15(20)10-14-4-3-9-21-18(14)17/h3-11H,12H2,1-2H3. The number of rotatable bonds is 4. The van der Waals surface area contributed by atoms with E-state index in [1.54, 1.807) is 31.3 Å². The van der Waals surface area contributed by atoms with Gasteiger partial charge in [-0.15, -0.1) is 0 Å². The van der Waals surface area contributed by atoms with Crippen LogP contribution >= 0.6 is 11.6 Å². The summed E-state index contributed by atoms with van der Waals surface area (Å²) in [5, 5.41) is 1.38. The van der Waals surface area contributed by atoms with Crippen LogP contribution in [0.25, 0.3) is 10.9 Å². The Hall–Kier alpha value is -2.59. The lowest BCUT2D eigenvalue weighted by molar-refractivity contribution is 0.0787. The molecule has 0 saturated carbocycles. The average molecular weight is 341 g/mol. The molecule has 0 aliphatic heterocycles. The van der Waals surface area contributed by atoms with E-state index in [2.05, 4.69) is 4.98 Å². The Morgan fingerprint density at radius 2 is 1.96 bits per heavy atom. The first kappa shape index (κ1) is 16.3. The Labute approximate surface area is 145 Å². The Balaban J connectivity index is 1.87. The minimum atomic E-state index is -0.114. The summed E-state index contributed by atoms with van der Waals surface area (Å²) in [6.07, 6.45) is 1.68. The van der Waals surface area contributed by atoms with Crippen LogP contribution < -0.4 is 4.74 Å². The van der Waals surface area contributed by atoms with Crippen LogP contribution in [0.3, 0.4) is 0 Å². The second-order valence-electron chi connectivity index (χ2n) is 5.54. The lowest BCUT2D eigenvalue weighted by Gasteiger charge is -2.18. The minimum Gasteiger partial charge on any atom is -0.497 e. The van der Waals surface area contributed by atoms with Gasteiger partial charge in [-0.1, -0.05) is 29.8 Å². The highest BCUT2D eigenvalue weighted by Gasteiger charge is 2.17. The molecule has 0 saturated heterocycles. The van der Waals surface area contributed by atoms with Gasteiger partial charge < -0.3 is 9.64 Å². The summed E-state index contributed by atoms with van der Waals surface area (Å²) < 4.78 is 5.15. The third-order valence-electron chi connectivity index (χ3n) is 3.83. The summed E-state index contributed by atoms with van der Waals surface area (Å²) >= 11 is 6.15. The molecule has 1 heterocycles. The highest BCUT2D eigenvalue weighted by atomic mass is 35.5. The summed E-state index contributed by atoms with van der Waals surface area (Å²) in [4.78, 5) is 18.8. The molecule has 0 fully saturated rings. The third kappa shape index (κ3) is 3.34. The summed E-state index contributed by atoms with van der Waals surface area (Å²) in [6.45, 7) is 0.490. The maximum Gasteiger partial charge on any atom is 0.256 e. The van der Waals surface area contributed by atoms with Crippen LogP contribution in [0, 0.1) is 0 Å². The fourth-order valence-electron chi connectivity index (χ4n) is 2.60. The number of ether oxygens (including phenoxy) is 1. The molecule has 1 aromatic heterocycles. The number of amides is 1. The Bertz CT molecular complexity index is 878. The van der Waals surface area contributed by atoms with Gasteiger partial charge in [0.2, 0.25) is 0 Å². The van der Waals surface area contributed by atoms with Crippen molar-refractivity contribution >= 4 is 28.4 Å². The molecule has 122 valence electrons. The molecule has 3 aromatic rings. The second-order valence-corrected chi connectivity index (χ2v) is 5.97. The SMILES string of the molecule is COc1ccc(CN(C)C(=O)c2cc(Cl)cc3cccnc23)cc1. The van der Waals surface area contributed by atoms with Crippen molar-refractivity contribution in [2.45, 2.75) is 6.54 Å². The maximum absolute atomic E-state index is 12.8. The van der Waals surface area contributed by atoms with E-state index in [4.69, 9.17) is 16.3 Å². The van der Waals surface area contributed by atoms with Crippen molar-refractivity contribution in [1.29, 1.82) is 0 Å². The third-order valence-corrected chi connectivity index (χ3v) is 4.04. The molecule has 0 unspecified atom stereocenters. The molecular weight excluding hydrogens is 324 g/mol. The minimum absolute atomic E-state index is 0.114. The molecule has 24 heavy (non-hydrogen) atoms. The molecule has 0 bridgehead atoms. The lowest BCUT2D eigenvalue weighted by Crippen LogP contribution is -2.26. The van der Waals surface area contributed by atoms with E-state index >= 15 is 0 Å². The van der Waals surface area contributed by atoms with E-state index in [0.29, 0.717) is 22.6 Å². The zero-order chi connectivity index (χ0) is 17.1. The molecule has 0 N–H and O–H groups in total. The quantitative estimate of drug-likeness (QED) is 0.716. The zero-order valence-corrected chi connectivity index (χ0v) is 14.2. The Morgan fingerprint density at radius 1 is 1.21 bits per heavy atom. The molecule has 5 heteroatoms. The lowest BCUT2D eigenvalue weighted by atomic mass is 10.1. The van der Waals surface area contributed by atoms with Crippen molar-refractivity contribution in [2.75, 3.05) is 14.2 Å². The van der Waals surface area contributed by atoms with E-state index < -0.39 is 0 Å². The highest BCUT2D eigenvalue weighted by Crippen LogP contribution is 2.24. The van der Waals surface area contributed by atoms with Crippen molar-refractivity contribution in [2.24, 2.45) is 0 Å². The normalized spacial score (nSPS) is 10.6. The molecule has 4 nitrogen and oxygen atoms in total. The van der Waals surface area contributed by atoms with Gasteiger partial charge in [-0.3, -0.25) is 9.78 Å². The Morgan fingerprint density at radius 3 is 2.67 bits per heavy atom.